The highest BCUT2D eigenvalue weighted by Gasteiger charge is 2.08. The molecule has 0 saturated heterocycles. The maximum absolute atomic E-state index is 12.0. The topological polar surface area (TPSA) is 54.4 Å². The minimum absolute atomic E-state index is 0.122. The molecule has 0 fully saturated rings. The summed E-state index contributed by atoms with van der Waals surface area (Å²) < 4.78 is 0. The molecule has 4 nitrogen and oxygen atoms in total. The summed E-state index contributed by atoms with van der Waals surface area (Å²) >= 11 is 3.08. The molecule has 0 radical (unpaired) electrons. The SMILES string of the molecule is Cc1ccc2nc(C)cc(SCC(=O)NN=Cc3cccs3)c2c1. The van der Waals surface area contributed by atoms with Crippen LogP contribution in [0.5, 0.6) is 0 Å². The molecule has 0 atom stereocenters. The third-order valence-electron chi connectivity index (χ3n) is 3.34. The number of pyridine rings is 1. The van der Waals surface area contributed by atoms with Gasteiger partial charge in [-0.15, -0.1) is 23.1 Å². The van der Waals surface area contributed by atoms with Gasteiger partial charge >= 0.3 is 0 Å². The van der Waals surface area contributed by atoms with Crippen LogP contribution in [0.4, 0.5) is 0 Å². The number of nitrogens with one attached hydrogen (secondary N) is 1. The number of hydrazone groups is 1. The van der Waals surface area contributed by atoms with Gasteiger partial charge in [0.15, 0.2) is 0 Å². The number of benzene rings is 1. The van der Waals surface area contributed by atoms with Gasteiger partial charge in [-0.2, -0.15) is 5.10 Å². The summed E-state index contributed by atoms with van der Waals surface area (Å²) in [5.74, 6) is 0.192. The van der Waals surface area contributed by atoms with Gasteiger partial charge in [0.2, 0.25) is 5.91 Å². The van der Waals surface area contributed by atoms with E-state index in [0.29, 0.717) is 5.75 Å². The molecule has 1 N–H and O–H groups in total. The second-order valence-electron chi connectivity index (χ2n) is 5.38. The first-order chi connectivity index (χ1) is 11.6. The Labute approximate surface area is 149 Å². The summed E-state index contributed by atoms with van der Waals surface area (Å²) in [4.78, 5) is 18.6. The number of amides is 1. The minimum atomic E-state index is -0.122. The Morgan fingerprint density at radius 2 is 2.21 bits per heavy atom. The summed E-state index contributed by atoms with van der Waals surface area (Å²) in [5, 5.41) is 7.03. The van der Waals surface area contributed by atoms with Crippen molar-refractivity contribution >= 4 is 46.1 Å². The van der Waals surface area contributed by atoms with E-state index in [1.807, 2.05) is 36.6 Å². The summed E-state index contributed by atoms with van der Waals surface area (Å²) in [5.41, 5.74) is 5.65. The third-order valence-corrected chi connectivity index (χ3v) is 5.20. The molecule has 3 aromatic rings. The molecular weight excluding hydrogens is 338 g/mol. The first-order valence-electron chi connectivity index (χ1n) is 7.48. The van der Waals surface area contributed by atoms with Crippen molar-refractivity contribution in [1.29, 1.82) is 0 Å². The van der Waals surface area contributed by atoms with E-state index in [1.54, 1.807) is 17.6 Å². The first kappa shape index (κ1) is 16.7. The quantitative estimate of drug-likeness (QED) is 0.425. The van der Waals surface area contributed by atoms with Gasteiger partial charge in [0.25, 0.3) is 0 Å². The lowest BCUT2D eigenvalue weighted by molar-refractivity contribution is -0.118. The van der Waals surface area contributed by atoms with E-state index in [0.717, 1.165) is 26.4 Å². The van der Waals surface area contributed by atoms with Crippen LogP contribution in [0.3, 0.4) is 0 Å². The van der Waals surface area contributed by atoms with Crippen molar-refractivity contribution in [3.05, 3.63) is 57.9 Å². The fourth-order valence-electron chi connectivity index (χ4n) is 2.26. The Bertz CT molecular complexity index is 889. The molecule has 1 aromatic carbocycles. The normalized spacial score (nSPS) is 11.2. The van der Waals surface area contributed by atoms with Crippen LogP contribution in [0.15, 0.2) is 51.8 Å². The molecule has 0 aliphatic heterocycles. The fourth-order valence-corrected chi connectivity index (χ4v) is 3.77. The van der Waals surface area contributed by atoms with Crippen LogP contribution in [0.25, 0.3) is 10.9 Å². The predicted octanol–water partition coefficient (Wildman–Crippen LogP) is 4.16. The Balaban J connectivity index is 1.66. The third kappa shape index (κ3) is 4.21. The molecule has 0 aliphatic carbocycles. The standard InChI is InChI=1S/C18H17N3OS2/c1-12-5-6-16-15(8-12)17(9-13(2)20-16)24-11-18(22)21-19-10-14-4-3-7-23-14/h3-10H,11H2,1-2H3,(H,21,22). The Morgan fingerprint density at radius 3 is 3.00 bits per heavy atom. The van der Waals surface area contributed by atoms with Crippen molar-refractivity contribution in [2.45, 2.75) is 18.7 Å². The monoisotopic (exact) mass is 355 g/mol. The summed E-state index contributed by atoms with van der Waals surface area (Å²) in [6.45, 7) is 4.02. The predicted molar refractivity (Wildman–Crippen MR) is 102 cm³/mol. The van der Waals surface area contributed by atoms with E-state index in [1.165, 1.54) is 17.3 Å². The van der Waals surface area contributed by atoms with Gasteiger partial charge in [-0.25, -0.2) is 5.43 Å². The highest BCUT2D eigenvalue weighted by Crippen LogP contribution is 2.28. The molecule has 3 rings (SSSR count). The molecule has 122 valence electrons. The zero-order chi connectivity index (χ0) is 16.9. The first-order valence-corrected chi connectivity index (χ1v) is 9.34. The number of thiophene rings is 1. The lowest BCUT2D eigenvalue weighted by atomic mass is 10.1. The smallest absolute Gasteiger partial charge is 0.250 e. The van der Waals surface area contributed by atoms with E-state index in [4.69, 9.17) is 0 Å². The van der Waals surface area contributed by atoms with E-state index < -0.39 is 0 Å². The maximum Gasteiger partial charge on any atom is 0.250 e. The number of nitrogens with zero attached hydrogens (tertiary/aromatic N) is 2. The van der Waals surface area contributed by atoms with Crippen LogP contribution >= 0.6 is 23.1 Å². The van der Waals surface area contributed by atoms with Crippen molar-refractivity contribution in [2.24, 2.45) is 5.10 Å². The van der Waals surface area contributed by atoms with Crippen LogP contribution in [0.1, 0.15) is 16.1 Å². The number of carbonyl (C=O) groups excluding carboxylic acids is 1. The zero-order valence-corrected chi connectivity index (χ0v) is 15.1. The van der Waals surface area contributed by atoms with Crippen LogP contribution in [0, 0.1) is 13.8 Å². The number of hydrogen-bond donors (Lipinski definition) is 1. The van der Waals surface area contributed by atoms with E-state index >= 15 is 0 Å². The van der Waals surface area contributed by atoms with Crippen LogP contribution in [-0.4, -0.2) is 22.9 Å². The lowest BCUT2D eigenvalue weighted by Crippen LogP contribution is -2.19. The molecule has 0 unspecified atom stereocenters. The molecule has 0 spiro atoms. The van der Waals surface area contributed by atoms with E-state index in [-0.39, 0.29) is 5.91 Å². The number of thioether (sulfide) groups is 1. The van der Waals surface area contributed by atoms with E-state index in [9.17, 15) is 4.79 Å². The maximum atomic E-state index is 12.0. The molecule has 0 aliphatic rings. The zero-order valence-electron chi connectivity index (χ0n) is 13.4. The molecule has 0 saturated carbocycles. The van der Waals surface area contributed by atoms with Crippen molar-refractivity contribution < 1.29 is 4.79 Å². The average Bonchev–Trinajstić information content (AvgIpc) is 3.06. The van der Waals surface area contributed by atoms with Gasteiger partial charge in [0, 0.05) is 20.9 Å². The van der Waals surface area contributed by atoms with Crippen LogP contribution < -0.4 is 5.43 Å². The van der Waals surface area contributed by atoms with E-state index in [2.05, 4.69) is 34.6 Å². The largest absolute Gasteiger partial charge is 0.272 e. The number of fused-ring (bicyclic) bond motifs is 1. The molecule has 24 heavy (non-hydrogen) atoms. The van der Waals surface area contributed by atoms with Crippen LogP contribution in [-0.2, 0) is 4.79 Å². The highest BCUT2D eigenvalue weighted by atomic mass is 32.2. The number of carbonyl (C=O) groups is 1. The van der Waals surface area contributed by atoms with Gasteiger partial charge < -0.3 is 0 Å². The summed E-state index contributed by atoms with van der Waals surface area (Å²) in [7, 11) is 0. The van der Waals surface area contributed by atoms with Gasteiger partial charge in [-0.1, -0.05) is 17.7 Å². The lowest BCUT2D eigenvalue weighted by Gasteiger charge is -2.08. The summed E-state index contributed by atoms with van der Waals surface area (Å²) in [6.07, 6.45) is 1.66. The fraction of sp³-hybridized carbons (Fsp3) is 0.167. The van der Waals surface area contributed by atoms with Crippen LogP contribution in [0.2, 0.25) is 0 Å². The van der Waals surface area contributed by atoms with Crippen molar-refractivity contribution in [3.8, 4) is 0 Å². The molecule has 2 aromatic heterocycles. The Hall–Kier alpha value is -2.18. The van der Waals surface area contributed by atoms with Gasteiger partial charge in [-0.05, 0) is 43.5 Å². The number of aromatic nitrogens is 1. The second kappa shape index (κ2) is 7.59. The van der Waals surface area contributed by atoms with Crippen molar-refractivity contribution in [3.63, 3.8) is 0 Å². The van der Waals surface area contributed by atoms with Crippen molar-refractivity contribution in [1.82, 2.24) is 10.4 Å². The second-order valence-corrected chi connectivity index (χ2v) is 7.38. The molecule has 1 amide bonds. The Kier molecular flexibility index (Phi) is 5.27. The van der Waals surface area contributed by atoms with Gasteiger partial charge in [0.05, 0.1) is 17.5 Å². The van der Waals surface area contributed by atoms with Gasteiger partial charge in [0.1, 0.15) is 0 Å². The molecule has 6 heteroatoms. The minimum Gasteiger partial charge on any atom is -0.272 e. The molecule has 2 heterocycles. The number of hydrogen-bond acceptors (Lipinski definition) is 5. The molecular formula is C18H17N3OS2. The number of aryl methyl sites for hydroxylation is 2. The summed E-state index contributed by atoms with van der Waals surface area (Å²) in [6, 6.07) is 12.1. The average molecular weight is 355 g/mol. The van der Waals surface area contributed by atoms with Gasteiger partial charge in [-0.3, -0.25) is 9.78 Å². The molecule has 0 bridgehead atoms. The number of rotatable bonds is 5. The van der Waals surface area contributed by atoms with Crippen molar-refractivity contribution in [2.75, 3.05) is 5.75 Å². The Morgan fingerprint density at radius 1 is 1.33 bits per heavy atom. The highest BCUT2D eigenvalue weighted by molar-refractivity contribution is 8.00.